The van der Waals surface area contributed by atoms with Crippen LogP contribution in [-0.2, 0) is 10.0 Å². The fraction of sp³-hybridized carbons (Fsp3) is 0.364. The third kappa shape index (κ3) is 2.49. The summed E-state index contributed by atoms with van der Waals surface area (Å²) >= 11 is 0. The predicted octanol–water partition coefficient (Wildman–Crippen LogP) is 0.307. The maximum atomic E-state index is 12.2. The Morgan fingerprint density at radius 2 is 2.25 bits per heavy atom. The first kappa shape index (κ1) is 13.0. The first-order valence-electron chi connectivity index (χ1n) is 5.98. The summed E-state index contributed by atoms with van der Waals surface area (Å²) in [5.41, 5.74) is 0. The Bertz CT molecular complexity index is 659. The van der Waals surface area contributed by atoms with Crippen molar-refractivity contribution in [2.24, 2.45) is 0 Å². The van der Waals surface area contributed by atoms with E-state index in [-0.39, 0.29) is 17.5 Å². The maximum absolute atomic E-state index is 12.2. The number of nitrogens with zero attached hydrogens (tertiary/aromatic N) is 4. The maximum Gasteiger partial charge on any atom is 0.248 e. The van der Waals surface area contributed by atoms with Gasteiger partial charge in [0.2, 0.25) is 15.9 Å². The van der Waals surface area contributed by atoms with E-state index in [2.05, 4.69) is 19.6 Å². The summed E-state index contributed by atoms with van der Waals surface area (Å²) in [6.45, 7) is 0.655. The standard InChI is InChI=1S/C11H12N4O4S/c16-20(17,10-5-14-18-8-10)15-4-1-9(7-15)19-11-6-12-2-3-13-11/h2-3,5-6,8-9H,1,4,7H2. The van der Waals surface area contributed by atoms with Gasteiger partial charge in [-0.25, -0.2) is 13.4 Å². The molecule has 8 nitrogen and oxygen atoms in total. The average molecular weight is 296 g/mol. The van der Waals surface area contributed by atoms with Crippen molar-refractivity contribution in [3.8, 4) is 5.88 Å². The van der Waals surface area contributed by atoms with Crippen LogP contribution in [0.2, 0.25) is 0 Å². The van der Waals surface area contributed by atoms with Crippen LogP contribution in [0.4, 0.5) is 0 Å². The third-order valence-corrected chi connectivity index (χ3v) is 4.79. The van der Waals surface area contributed by atoms with Crippen LogP contribution in [0, 0.1) is 0 Å². The van der Waals surface area contributed by atoms with E-state index in [9.17, 15) is 8.42 Å². The van der Waals surface area contributed by atoms with Crippen LogP contribution in [0.15, 0.2) is 40.5 Å². The molecule has 20 heavy (non-hydrogen) atoms. The van der Waals surface area contributed by atoms with Crippen molar-refractivity contribution >= 4 is 10.0 Å². The molecule has 9 heteroatoms. The molecule has 0 spiro atoms. The van der Waals surface area contributed by atoms with Gasteiger partial charge in [0, 0.05) is 18.9 Å². The third-order valence-electron chi connectivity index (χ3n) is 2.98. The highest BCUT2D eigenvalue weighted by atomic mass is 32.2. The number of ether oxygens (including phenoxy) is 1. The van der Waals surface area contributed by atoms with Gasteiger partial charge in [0.25, 0.3) is 0 Å². The highest BCUT2D eigenvalue weighted by Gasteiger charge is 2.34. The van der Waals surface area contributed by atoms with Crippen LogP contribution in [0.5, 0.6) is 5.88 Å². The van der Waals surface area contributed by atoms with Crippen LogP contribution >= 0.6 is 0 Å². The monoisotopic (exact) mass is 296 g/mol. The van der Waals surface area contributed by atoms with Gasteiger partial charge < -0.3 is 9.26 Å². The van der Waals surface area contributed by atoms with Crippen LogP contribution in [0.3, 0.4) is 0 Å². The van der Waals surface area contributed by atoms with Crippen LogP contribution in [0.25, 0.3) is 0 Å². The molecule has 0 radical (unpaired) electrons. The molecule has 0 N–H and O–H groups in total. The van der Waals surface area contributed by atoms with Crippen LogP contribution in [0.1, 0.15) is 6.42 Å². The molecule has 1 unspecified atom stereocenters. The van der Waals surface area contributed by atoms with Gasteiger partial charge in [-0.15, -0.1) is 0 Å². The molecule has 0 bridgehead atoms. The van der Waals surface area contributed by atoms with Crippen molar-refractivity contribution in [1.29, 1.82) is 0 Å². The lowest BCUT2D eigenvalue weighted by atomic mass is 10.3. The summed E-state index contributed by atoms with van der Waals surface area (Å²) in [6.07, 6.45) is 7.23. The lowest BCUT2D eigenvalue weighted by Crippen LogP contribution is -2.30. The van der Waals surface area contributed by atoms with Gasteiger partial charge in [0.1, 0.15) is 17.3 Å². The van der Waals surface area contributed by atoms with E-state index in [4.69, 9.17) is 4.74 Å². The van der Waals surface area contributed by atoms with Gasteiger partial charge in [-0.3, -0.25) is 4.98 Å². The number of sulfonamides is 1. The molecule has 1 fully saturated rings. The minimum Gasteiger partial charge on any atom is -0.472 e. The van der Waals surface area contributed by atoms with Gasteiger partial charge in [-0.2, -0.15) is 4.31 Å². The van der Waals surface area contributed by atoms with Gasteiger partial charge in [0.05, 0.1) is 18.9 Å². The van der Waals surface area contributed by atoms with Crippen molar-refractivity contribution < 1.29 is 17.7 Å². The fourth-order valence-corrected chi connectivity index (χ4v) is 3.35. The van der Waals surface area contributed by atoms with Gasteiger partial charge >= 0.3 is 0 Å². The van der Waals surface area contributed by atoms with E-state index < -0.39 is 10.0 Å². The molecular formula is C11H12N4O4S. The number of hydrogen-bond donors (Lipinski definition) is 0. The molecule has 1 aliphatic heterocycles. The predicted molar refractivity (Wildman–Crippen MR) is 66.3 cm³/mol. The summed E-state index contributed by atoms with van der Waals surface area (Å²) in [5, 5.41) is 3.42. The average Bonchev–Trinajstić information content (AvgIpc) is 3.11. The summed E-state index contributed by atoms with van der Waals surface area (Å²) in [7, 11) is -3.56. The lowest BCUT2D eigenvalue weighted by molar-refractivity contribution is 0.206. The molecule has 1 saturated heterocycles. The Labute approximate surface area is 115 Å². The largest absolute Gasteiger partial charge is 0.472 e. The smallest absolute Gasteiger partial charge is 0.248 e. The molecule has 2 aromatic rings. The quantitative estimate of drug-likeness (QED) is 0.800. The molecule has 1 atom stereocenters. The Kier molecular flexibility index (Phi) is 3.36. The second-order valence-electron chi connectivity index (χ2n) is 4.30. The summed E-state index contributed by atoms with van der Waals surface area (Å²) in [4.78, 5) is 7.95. The molecule has 3 rings (SSSR count). The molecule has 2 aromatic heterocycles. The fourth-order valence-electron chi connectivity index (χ4n) is 2.00. The SMILES string of the molecule is O=S(=O)(c1cnoc1)N1CCC(Oc2cnccn2)C1. The second kappa shape index (κ2) is 5.17. The first-order chi connectivity index (χ1) is 9.66. The van der Waals surface area contributed by atoms with E-state index in [0.29, 0.717) is 18.8 Å². The highest BCUT2D eigenvalue weighted by molar-refractivity contribution is 7.89. The van der Waals surface area contributed by atoms with E-state index in [1.54, 1.807) is 6.20 Å². The second-order valence-corrected chi connectivity index (χ2v) is 6.23. The summed E-state index contributed by atoms with van der Waals surface area (Å²) in [6, 6.07) is 0. The first-order valence-corrected chi connectivity index (χ1v) is 7.42. The Morgan fingerprint density at radius 3 is 2.95 bits per heavy atom. The van der Waals surface area contributed by atoms with Crippen molar-refractivity contribution in [3.05, 3.63) is 31.1 Å². The molecule has 0 amide bonds. The van der Waals surface area contributed by atoms with Crippen molar-refractivity contribution in [3.63, 3.8) is 0 Å². The molecule has 0 aliphatic carbocycles. The van der Waals surface area contributed by atoms with Crippen molar-refractivity contribution in [1.82, 2.24) is 19.4 Å². The summed E-state index contributed by atoms with van der Waals surface area (Å²) in [5.74, 6) is 0.390. The van der Waals surface area contributed by atoms with Crippen molar-refractivity contribution in [2.75, 3.05) is 13.1 Å². The normalized spacial score (nSPS) is 20.1. The molecule has 0 saturated carbocycles. The van der Waals surface area contributed by atoms with Crippen LogP contribution in [-0.4, -0.2) is 47.0 Å². The Hall–Kier alpha value is -2.00. The zero-order chi connectivity index (χ0) is 14.0. The minimum atomic E-state index is -3.56. The zero-order valence-corrected chi connectivity index (χ0v) is 11.2. The molecule has 1 aliphatic rings. The van der Waals surface area contributed by atoms with E-state index in [1.807, 2.05) is 0 Å². The van der Waals surface area contributed by atoms with Gasteiger partial charge in [-0.1, -0.05) is 5.16 Å². The lowest BCUT2D eigenvalue weighted by Gasteiger charge is -2.15. The van der Waals surface area contributed by atoms with E-state index in [0.717, 1.165) is 6.26 Å². The molecule has 3 heterocycles. The Morgan fingerprint density at radius 1 is 1.35 bits per heavy atom. The van der Waals surface area contributed by atoms with E-state index >= 15 is 0 Å². The van der Waals surface area contributed by atoms with Gasteiger partial charge in [0.15, 0.2) is 0 Å². The zero-order valence-electron chi connectivity index (χ0n) is 10.4. The molecular weight excluding hydrogens is 284 g/mol. The number of aromatic nitrogens is 3. The highest BCUT2D eigenvalue weighted by Crippen LogP contribution is 2.22. The Balaban J connectivity index is 1.68. The molecule has 0 aromatic carbocycles. The summed E-state index contributed by atoms with van der Waals surface area (Å²) < 4.78 is 36.0. The minimum absolute atomic E-state index is 0.0534. The number of hydrogen-bond acceptors (Lipinski definition) is 7. The topological polar surface area (TPSA) is 98.4 Å². The number of rotatable bonds is 4. The molecule has 106 valence electrons. The van der Waals surface area contributed by atoms with Gasteiger partial charge in [-0.05, 0) is 6.42 Å². The van der Waals surface area contributed by atoms with E-state index in [1.165, 1.54) is 22.9 Å². The van der Waals surface area contributed by atoms with Crippen LogP contribution < -0.4 is 4.74 Å². The van der Waals surface area contributed by atoms with Crippen molar-refractivity contribution in [2.45, 2.75) is 17.4 Å².